The first-order valence-corrected chi connectivity index (χ1v) is 3.57. The number of hydrogen-bond acceptors (Lipinski definition) is 4. The summed E-state index contributed by atoms with van der Waals surface area (Å²) in [4.78, 5) is 30.6. The van der Waals surface area contributed by atoms with Crippen molar-refractivity contribution in [1.29, 1.82) is 0 Å². The maximum atomic E-state index is 10.9. The second-order valence-corrected chi connectivity index (χ2v) is 2.52. The molecule has 14 heavy (non-hydrogen) atoms. The Bertz CT molecular complexity index is 436. The van der Waals surface area contributed by atoms with Crippen molar-refractivity contribution in [1.82, 2.24) is 4.57 Å². The summed E-state index contributed by atoms with van der Waals surface area (Å²) >= 11 is 0. The van der Waals surface area contributed by atoms with E-state index < -0.39 is 28.6 Å². The number of aliphatic carboxylic acids is 1. The molecule has 0 aliphatic carbocycles. The predicted molar refractivity (Wildman–Crippen MR) is 45.0 cm³/mol. The minimum atomic E-state index is -1.14. The molecule has 7 heteroatoms. The van der Waals surface area contributed by atoms with Crippen molar-refractivity contribution >= 4 is 11.7 Å². The van der Waals surface area contributed by atoms with Crippen molar-refractivity contribution in [3.05, 3.63) is 38.8 Å². The summed E-state index contributed by atoms with van der Waals surface area (Å²) < 4.78 is 1.06. The van der Waals surface area contributed by atoms with E-state index >= 15 is 0 Å². The Labute approximate surface area is 77.4 Å². The third kappa shape index (κ3) is 2.16. The number of hydrogen-bond donors (Lipinski definition) is 1. The van der Waals surface area contributed by atoms with E-state index in [-0.39, 0.29) is 0 Å². The highest BCUT2D eigenvalue weighted by Gasteiger charge is 2.12. The Hall–Kier alpha value is -2.18. The Morgan fingerprint density at radius 2 is 2.29 bits per heavy atom. The van der Waals surface area contributed by atoms with Gasteiger partial charge >= 0.3 is 11.7 Å². The summed E-state index contributed by atoms with van der Waals surface area (Å²) in [6, 6.07) is 0.959. The van der Waals surface area contributed by atoms with Crippen LogP contribution in [0.5, 0.6) is 0 Å². The fourth-order valence-corrected chi connectivity index (χ4v) is 0.904. The topological polar surface area (TPSA) is 102 Å². The minimum absolute atomic E-state index is 0.416. The molecule has 0 saturated heterocycles. The summed E-state index contributed by atoms with van der Waals surface area (Å²) in [5.41, 5.74) is -1.37. The molecule has 0 saturated carbocycles. The lowest BCUT2D eigenvalue weighted by Gasteiger charge is -2.00. The molecule has 1 aromatic heterocycles. The lowest BCUT2D eigenvalue weighted by Crippen LogP contribution is -2.14. The Kier molecular flexibility index (Phi) is 2.61. The Morgan fingerprint density at radius 3 is 2.79 bits per heavy atom. The number of aromatic nitrogens is 1. The van der Waals surface area contributed by atoms with Gasteiger partial charge < -0.3 is 9.67 Å². The molecule has 0 aliphatic rings. The van der Waals surface area contributed by atoms with E-state index in [1.165, 1.54) is 6.20 Å². The zero-order valence-corrected chi connectivity index (χ0v) is 6.91. The standard InChI is InChI=1S/C7H6N2O5/c10-6-1-2-8(4-7(11)12)3-5(6)9(13)14/h1-3H,4H2,(H,11,12). The number of carboxylic acids is 1. The average Bonchev–Trinajstić information content (AvgIpc) is 2.07. The maximum Gasteiger partial charge on any atom is 0.332 e. The van der Waals surface area contributed by atoms with Gasteiger partial charge in [-0.05, 0) is 0 Å². The second kappa shape index (κ2) is 3.69. The average molecular weight is 198 g/mol. The first-order chi connectivity index (χ1) is 6.50. The molecule has 0 bridgehead atoms. The fourth-order valence-electron chi connectivity index (χ4n) is 0.904. The van der Waals surface area contributed by atoms with E-state index in [1.807, 2.05) is 0 Å². The molecular weight excluding hydrogens is 192 g/mol. The van der Waals surface area contributed by atoms with Gasteiger partial charge in [-0.2, -0.15) is 0 Å². The first-order valence-electron chi connectivity index (χ1n) is 3.57. The summed E-state index contributed by atoms with van der Waals surface area (Å²) in [6.07, 6.45) is 2.08. The van der Waals surface area contributed by atoms with Crippen LogP contribution in [0.2, 0.25) is 0 Å². The van der Waals surface area contributed by atoms with Crippen molar-refractivity contribution in [3.8, 4) is 0 Å². The minimum Gasteiger partial charge on any atom is -0.480 e. The molecule has 0 unspecified atom stereocenters. The quantitative estimate of drug-likeness (QED) is 0.537. The maximum absolute atomic E-state index is 10.9. The highest BCUT2D eigenvalue weighted by atomic mass is 16.6. The predicted octanol–water partition coefficient (Wildman–Crippen LogP) is -0.159. The summed E-state index contributed by atoms with van der Waals surface area (Å²) in [5.74, 6) is -1.14. The summed E-state index contributed by atoms with van der Waals surface area (Å²) in [6.45, 7) is -0.416. The summed E-state index contributed by atoms with van der Waals surface area (Å²) in [5, 5.41) is 18.7. The smallest absolute Gasteiger partial charge is 0.332 e. The molecule has 74 valence electrons. The van der Waals surface area contributed by atoms with Crippen molar-refractivity contribution in [2.24, 2.45) is 0 Å². The zero-order chi connectivity index (χ0) is 10.7. The van der Waals surface area contributed by atoms with Gasteiger partial charge in [0, 0.05) is 12.3 Å². The molecule has 7 nitrogen and oxygen atoms in total. The molecule has 0 spiro atoms. The van der Waals surface area contributed by atoms with E-state index in [1.54, 1.807) is 0 Å². The van der Waals surface area contributed by atoms with Gasteiger partial charge in [-0.3, -0.25) is 19.7 Å². The van der Waals surface area contributed by atoms with Crippen LogP contribution in [0.4, 0.5) is 5.69 Å². The number of rotatable bonds is 3. The Balaban J connectivity index is 3.13. The van der Waals surface area contributed by atoms with Crippen LogP contribution in [0.25, 0.3) is 0 Å². The monoisotopic (exact) mass is 198 g/mol. The molecule has 1 aromatic rings. The van der Waals surface area contributed by atoms with E-state index in [4.69, 9.17) is 5.11 Å². The number of pyridine rings is 1. The van der Waals surface area contributed by atoms with Gasteiger partial charge in [0.25, 0.3) is 5.43 Å². The van der Waals surface area contributed by atoms with Gasteiger partial charge in [0.05, 0.1) is 11.1 Å². The number of carboxylic acid groups (broad SMARTS) is 1. The van der Waals surface area contributed by atoms with Crippen molar-refractivity contribution < 1.29 is 14.8 Å². The SMILES string of the molecule is O=C(O)Cn1ccc(=O)c([N+](=O)[O-])c1. The van der Waals surface area contributed by atoms with Crippen LogP contribution in [0.1, 0.15) is 0 Å². The molecule has 0 atom stereocenters. The van der Waals surface area contributed by atoms with Crippen LogP contribution < -0.4 is 5.43 Å². The highest BCUT2D eigenvalue weighted by Crippen LogP contribution is 2.01. The number of nitro groups is 1. The Morgan fingerprint density at radius 1 is 1.64 bits per heavy atom. The molecule has 1 rings (SSSR count). The van der Waals surface area contributed by atoms with Gasteiger partial charge in [0.15, 0.2) is 0 Å². The van der Waals surface area contributed by atoms with Crippen molar-refractivity contribution in [2.75, 3.05) is 0 Å². The fraction of sp³-hybridized carbons (Fsp3) is 0.143. The van der Waals surface area contributed by atoms with E-state index in [0.717, 1.165) is 16.8 Å². The van der Waals surface area contributed by atoms with Crippen LogP contribution in [-0.2, 0) is 11.3 Å². The van der Waals surface area contributed by atoms with E-state index in [9.17, 15) is 19.7 Å². The van der Waals surface area contributed by atoms with Crippen molar-refractivity contribution in [2.45, 2.75) is 6.54 Å². The molecule has 0 aliphatic heterocycles. The second-order valence-electron chi connectivity index (χ2n) is 2.52. The zero-order valence-electron chi connectivity index (χ0n) is 6.91. The van der Waals surface area contributed by atoms with Crippen LogP contribution >= 0.6 is 0 Å². The van der Waals surface area contributed by atoms with Gasteiger partial charge in [-0.25, -0.2) is 0 Å². The normalized spacial score (nSPS) is 9.71. The highest BCUT2D eigenvalue weighted by molar-refractivity contribution is 5.66. The summed E-state index contributed by atoms with van der Waals surface area (Å²) in [7, 11) is 0. The van der Waals surface area contributed by atoms with Gasteiger partial charge in [-0.15, -0.1) is 0 Å². The largest absolute Gasteiger partial charge is 0.480 e. The molecule has 0 aromatic carbocycles. The van der Waals surface area contributed by atoms with Crippen LogP contribution in [0, 0.1) is 10.1 Å². The third-order valence-corrected chi connectivity index (χ3v) is 1.47. The molecule has 0 fully saturated rings. The molecule has 0 amide bonds. The molecular formula is C7H6N2O5. The van der Waals surface area contributed by atoms with Crippen LogP contribution in [0.15, 0.2) is 23.3 Å². The van der Waals surface area contributed by atoms with Gasteiger partial charge in [0.2, 0.25) is 0 Å². The molecule has 1 N–H and O–H groups in total. The lowest BCUT2D eigenvalue weighted by atomic mass is 10.4. The van der Waals surface area contributed by atoms with Crippen LogP contribution in [0.3, 0.4) is 0 Å². The first kappa shape index (κ1) is 9.90. The van der Waals surface area contributed by atoms with E-state index in [2.05, 4.69) is 0 Å². The molecule has 0 radical (unpaired) electrons. The lowest BCUT2D eigenvalue weighted by molar-refractivity contribution is -0.386. The number of nitrogens with zero attached hydrogens (tertiary/aromatic N) is 2. The van der Waals surface area contributed by atoms with Gasteiger partial charge in [-0.1, -0.05) is 0 Å². The van der Waals surface area contributed by atoms with Crippen LogP contribution in [-0.4, -0.2) is 20.6 Å². The third-order valence-electron chi connectivity index (χ3n) is 1.47. The number of carbonyl (C=O) groups is 1. The van der Waals surface area contributed by atoms with Gasteiger partial charge in [0.1, 0.15) is 6.54 Å². The molecule has 1 heterocycles. The van der Waals surface area contributed by atoms with Crippen molar-refractivity contribution in [3.63, 3.8) is 0 Å². The van der Waals surface area contributed by atoms with E-state index in [0.29, 0.717) is 0 Å².